The number of hydrogen-bond donors (Lipinski definition) is 2. The summed E-state index contributed by atoms with van der Waals surface area (Å²) in [6.45, 7) is 0. The molecule has 2 bridgehead atoms. The van der Waals surface area contributed by atoms with Gasteiger partial charge in [-0.3, -0.25) is 9.78 Å². The molecule has 2 aromatic heterocycles. The summed E-state index contributed by atoms with van der Waals surface area (Å²) in [5, 5.41) is 6.73. The lowest BCUT2D eigenvalue weighted by molar-refractivity contribution is 0.0935. The number of nitrogens with one attached hydrogen (secondary N) is 2. The summed E-state index contributed by atoms with van der Waals surface area (Å²) >= 11 is 1.53. The highest BCUT2D eigenvalue weighted by molar-refractivity contribution is 7.17. The highest BCUT2D eigenvalue weighted by Gasteiger charge is 2.39. The third-order valence-corrected chi connectivity index (χ3v) is 5.53. The molecule has 4 nitrogen and oxygen atoms in total. The average Bonchev–Trinajstić information content (AvgIpc) is 3.24. The summed E-state index contributed by atoms with van der Waals surface area (Å²) in [7, 11) is 0. The van der Waals surface area contributed by atoms with Gasteiger partial charge in [-0.05, 0) is 37.5 Å². The fraction of sp³-hybridized carbons (Fsp3) is 0.375. The highest BCUT2D eigenvalue weighted by Crippen LogP contribution is 2.30. The Balaban J connectivity index is 1.47. The molecule has 1 amide bonds. The second kappa shape index (κ2) is 5.24. The minimum absolute atomic E-state index is 0.0505. The number of carbonyl (C=O) groups is 1. The van der Waals surface area contributed by atoms with Gasteiger partial charge in [0.2, 0.25) is 0 Å². The zero-order valence-electron chi connectivity index (χ0n) is 11.6. The van der Waals surface area contributed by atoms with Crippen molar-refractivity contribution in [3.8, 4) is 10.4 Å². The molecule has 5 heteroatoms. The van der Waals surface area contributed by atoms with E-state index in [1.54, 1.807) is 6.20 Å². The first-order valence-corrected chi connectivity index (χ1v) is 8.18. The van der Waals surface area contributed by atoms with Crippen LogP contribution in [0.4, 0.5) is 0 Å². The van der Waals surface area contributed by atoms with Gasteiger partial charge in [-0.15, -0.1) is 11.3 Å². The molecule has 2 aliphatic rings. The SMILES string of the molecule is O=C(NC1CC2CCC1N2)c1ccc(-c2cccnc2)s1. The van der Waals surface area contributed by atoms with Gasteiger partial charge in [0.15, 0.2) is 0 Å². The Labute approximate surface area is 127 Å². The topological polar surface area (TPSA) is 54.0 Å². The molecule has 0 saturated carbocycles. The number of aromatic nitrogens is 1. The molecule has 2 aliphatic heterocycles. The molecule has 4 heterocycles. The highest BCUT2D eigenvalue weighted by atomic mass is 32.1. The van der Waals surface area contributed by atoms with Crippen LogP contribution in [0.5, 0.6) is 0 Å². The summed E-state index contributed by atoms with van der Waals surface area (Å²) in [5.74, 6) is 0.0505. The summed E-state index contributed by atoms with van der Waals surface area (Å²) in [4.78, 5) is 18.4. The maximum Gasteiger partial charge on any atom is 0.261 e. The number of fused-ring (bicyclic) bond motifs is 2. The molecule has 21 heavy (non-hydrogen) atoms. The summed E-state index contributed by atoms with van der Waals surface area (Å²) in [6, 6.07) is 9.20. The van der Waals surface area contributed by atoms with Crippen molar-refractivity contribution in [1.82, 2.24) is 15.6 Å². The quantitative estimate of drug-likeness (QED) is 0.915. The van der Waals surface area contributed by atoms with E-state index in [0.717, 1.165) is 21.7 Å². The van der Waals surface area contributed by atoms with Crippen LogP contribution in [0.1, 0.15) is 28.9 Å². The zero-order valence-corrected chi connectivity index (χ0v) is 12.4. The molecule has 0 radical (unpaired) electrons. The predicted molar refractivity (Wildman–Crippen MR) is 83.4 cm³/mol. The van der Waals surface area contributed by atoms with Crippen LogP contribution < -0.4 is 10.6 Å². The summed E-state index contributed by atoms with van der Waals surface area (Å²) in [5.41, 5.74) is 1.06. The van der Waals surface area contributed by atoms with Gasteiger partial charge >= 0.3 is 0 Å². The van der Waals surface area contributed by atoms with Gasteiger partial charge in [-0.25, -0.2) is 0 Å². The molecule has 2 fully saturated rings. The van der Waals surface area contributed by atoms with Crippen LogP contribution in [0.3, 0.4) is 0 Å². The summed E-state index contributed by atoms with van der Waals surface area (Å²) < 4.78 is 0. The standard InChI is InChI=1S/C16H17N3OS/c20-16(19-13-8-11-3-4-12(13)18-11)15-6-5-14(21-15)10-2-1-7-17-9-10/h1-2,5-7,9,11-13,18H,3-4,8H2,(H,19,20). The smallest absolute Gasteiger partial charge is 0.261 e. The molecule has 3 atom stereocenters. The van der Waals surface area contributed by atoms with E-state index >= 15 is 0 Å². The largest absolute Gasteiger partial charge is 0.347 e. The van der Waals surface area contributed by atoms with Crippen molar-refractivity contribution >= 4 is 17.2 Å². The molecule has 2 aromatic rings. The molecule has 2 N–H and O–H groups in total. The second-order valence-corrected chi connectivity index (χ2v) is 6.85. The lowest BCUT2D eigenvalue weighted by atomic mass is 9.95. The van der Waals surface area contributed by atoms with Crippen molar-refractivity contribution in [3.05, 3.63) is 41.5 Å². The molecule has 108 valence electrons. The number of pyridine rings is 1. The molecule has 0 spiro atoms. The van der Waals surface area contributed by atoms with Crippen LogP contribution in [0.25, 0.3) is 10.4 Å². The van der Waals surface area contributed by atoms with Crippen LogP contribution in [0.2, 0.25) is 0 Å². The Morgan fingerprint density at radius 1 is 1.33 bits per heavy atom. The van der Waals surface area contributed by atoms with E-state index in [-0.39, 0.29) is 5.91 Å². The fourth-order valence-electron chi connectivity index (χ4n) is 3.35. The number of hydrogen-bond acceptors (Lipinski definition) is 4. The van der Waals surface area contributed by atoms with E-state index in [1.807, 2.05) is 30.5 Å². The first kappa shape index (κ1) is 13.0. The van der Waals surface area contributed by atoms with Crippen molar-refractivity contribution in [2.45, 2.75) is 37.4 Å². The number of nitrogens with zero attached hydrogens (tertiary/aromatic N) is 1. The van der Waals surface area contributed by atoms with Crippen molar-refractivity contribution < 1.29 is 4.79 Å². The number of rotatable bonds is 3. The van der Waals surface area contributed by atoms with E-state index in [0.29, 0.717) is 18.1 Å². The van der Waals surface area contributed by atoms with Gasteiger partial charge in [0.05, 0.1) is 4.88 Å². The van der Waals surface area contributed by atoms with Gasteiger partial charge in [0, 0.05) is 41.0 Å². The molecule has 0 aliphatic carbocycles. The van der Waals surface area contributed by atoms with Crippen LogP contribution in [-0.4, -0.2) is 29.0 Å². The van der Waals surface area contributed by atoms with Crippen LogP contribution in [0.15, 0.2) is 36.7 Å². The van der Waals surface area contributed by atoms with Crippen LogP contribution in [0, 0.1) is 0 Å². The minimum Gasteiger partial charge on any atom is -0.347 e. The van der Waals surface area contributed by atoms with Gasteiger partial charge in [-0.2, -0.15) is 0 Å². The van der Waals surface area contributed by atoms with E-state index in [2.05, 4.69) is 15.6 Å². The van der Waals surface area contributed by atoms with Crippen molar-refractivity contribution in [2.75, 3.05) is 0 Å². The maximum atomic E-state index is 12.4. The molecular weight excluding hydrogens is 282 g/mol. The lowest BCUT2D eigenvalue weighted by Crippen LogP contribution is -2.42. The molecular formula is C16H17N3OS. The monoisotopic (exact) mass is 299 g/mol. The number of amides is 1. The maximum absolute atomic E-state index is 12.4. The van der Waals surface area contributed by atoms with E-state index in [1.165, 1.54) is 24.2 Å². The molecule has 3 unspecified atom stereocenters. The Kier molecular flexibility index (Phi) is 3.24. The molecule has 2 saturated heterocycles. The summed E-state index contributed by atoms with van der Waals surface area (Å²) in [6.07, 6.45) is 7.08. The van der Waals surface area contributed by atoms with E-state index in [9.17, 15) is 4.79 Å². The fourth-order valence-corrected chi connectivity index (χ4v) is 4.25. The lowest BCUT2D eigenvalue weighted by Gasteiger charge is -2.20. The zero-order chi connectivity index (χ0) is 14.2. The molecule has 0 aromatic carbocycles. The first-order valence-electron chi connectivity index (χ1n) is 7.37. The Bertz CT molecular complexity index is 655. The van der Waals surface area contributed by atoms with Crippen molar-refractivity contribution in [2.24, 2.45) is 0 Å². The van der Waals surface area contributed by atoms with E-state index in [4.69, 9.17) is 0 Å². The van der Waals surface area contributed by atoms with Gasteiger partial charge in [0.25, 0.3) is 5.91 Å². The van der Waals surface area contributed by atoms with Crippen LogP contribution in [-0.2, 0) is 0 Å². The minimum atomic E-state index is 0.0505. The first-order chi connectivity index (χ1) is 10.3. The van der Waals surface area contributed by atoms with Gasteiger partial charge < -0.3 is 10.6 Å². The van der Waals surface area contributed by atoms with E-state index < -0.39 is 0 Å². The van der Waals surface area contributed by atoms with Gasteiger partial charge in [0.1, 0.15) is 0 Å². The Morgan fingerprint density at radius 3 is 3.00 bits per heavy atom. The molecule has 4 rings (SSSR count). The Morgan fingerprint density at radius 2 is 2.29 bits per heavy atom. The second-order valence-electron chi connectivity index (χ2n) is 5.77. The third-order valence-electron chi connectivity index (χ3n) is 4.39. The Hall–Kier alpha value is -1.72. The van der Waals surface area contributed by atoms with Crippen molar-refractivity contribution in [1.29, 1.82) is 0 Å². The average molecular weight is 299 g/mol. The number of thiophene rings is 1. The van der Waals surface area contributed by atoms with Gasteiger partial charge in [-0.1, -0.05) is 6.07 Å². The number of carbonyl (C=O) groups excluding carboxylic acids is 1. The normalized spacial score (nSPS) is 27.0. The third kappa shape index (κ3) is 2.47. The predicted octanol–water partition coefficient (Wildman–Crippen LogP) is 2.43. The van der Waals surface area contributed by atoms with Crippen molar-refractivity contribution in [3.63, 3.8) is 0 Å². The van der Waals surface area contributed by atoms with Crippen LogP contribution >= 0.6 is 11.3 Å².